The molecule has 5 heteroatoms. The van der Waals surface area contributed by atoms with Crippen LogP contribution < -0.4 is 0 Å². The molecule has 1 rings (SSSR count). The smallest absolute Gasteiger partial charge is 0.307 e. The lowest BCUT2D eigenvalue weighted by Crippen LogP contribution is -2.09. The highest BCUT2D eigenvalue weighted by atomic mass is 19.3. The van der Waals surface area contributed by atoms with Gasteiger partial charge in [-0.2, -0.15) is 13.8 Å². The van der Waals surface area contributed by atoms with E-state index in [-0.39, 0.29) is 5.89 Å². The Morgan fingerprint density at radius 3 is 2.00 bits per heavy atom. The summed E-state index contributed by atoms with van der Waals surface area (Å²) in [6, 6.07) is 0. The van der Waals surface area contributed by atoms with Crippen molar-refractivity contribution >= 4 is 0 Å². The monoisotopic (exact) mass is 178 g/mol. The van der Waals surface area contributed by atoms with E-state index in [1.54, 1.807) is 0 Å². The van der Waals surface area contributed by atoms with Crippen LogP contribution in [0.2, 0.25) is 0 Å². The molecule has 0 aliphatic heterocycles. The van der Waals surface area contributed by atoms with Crippen molar-refractivity contribution in [2.75, 3.05) is 0 Å². The van der Waals surface area contributed by atoms with Crippen molar-refractivity contribution in [1.82, 2.24) is 10.1 Å². The molecule has 1 aromatic heterocycles. The lowest BCUT2D eigenvalue weighted by atomic mass is 10.4. The lowest BCUT2D eigenvalue weighted by Gasteiger charge is -2.00. The first-order chi connectivity index (χ1) is 5.50. The Hall–Kier alpha value is -1.00. The van der Waals surface area contributed by atoms with Gasteiger partial charge in [0.2, 0.25) is 11.7 Å². The zero-order valence-electron chi connectivity index (χ0n) is 7.56. The summed E-state index contributed by atoms with van der Waals surface area (Å²) in [6.45, 7) is 6.18. The van der Waals surface area contributed by atoms with E-state index in [1.165, 1.54) is 6.92 Å². The first-order valence-corrected chi connectivity index (χ1v) is 3.69. The van der Waals surface area contributed by atoms with E-state index in [2.05, 4.69) is 14.7 Å². The quantitative estimate of drug-likeness (QED) is 0.663. The largest absolute Gasteiger partial charge is 0.339 e. The molecule has 0 spiro atoms. The maximum absolute atomic E-state index is 12.3. The molecular formula is C7H12F2N2O. The van der Waals surface area contributed by atoms with E-state index >= 15 is 0 Å². The molecular weight excluding hydrogens is 166 g/mol. The minimum absolute atomic E-state index is 0.150. The van der Waals surface area contributed by atoms with E-state index < -0.39 is 11.7 Å². The average molecular weight is 178 g/mol. The number of nitrogens with zero attached hydrogens (tertiary/aromatic N) is 2. The van der Waals surface area contributed by atoms with Gasteiger partial charge < -0.3 is 4.52 Å². The standard InChI is InChI=1S/C5H6F2N2O.C2H6/c1-3-8-4(9-10-3)5(2,6)7;1-2/h1-2H3;1-2H3. The second-order valence-corrected chi connectivity index (χ2v) is 2.03. The second-order valence-electron chi connectivity index (χ2n) is 2.03. The maximum Gasteiger partial charge on any atom is 0.307 e. The van der Waals surface area contributed by atoms with E-state index in [0.29, 0.717) is 0 Å². The van der Waals surface area contributed by atoms with Crippen LogP contribution in [0.1, 0.15) is 32.5 Å². The third-order valence-corrected chi connectivity index (χ3v) is 0.920. The Morgan fingerprint density at radius 2 is 1.83 bits per heavy atom. The Labute approximate surface area is 69.8 Å². The van der Waals surface area contributed by atoms with Gasteiger partial charge in [-0.1, -0.05) is 19.0 Å². The van der Waals surface area contributed by atoms with Gasteiger partial charge in [-0.05, 0) is 0 Å². The number of aromatic nitrogens is 2. The molecule has 0 fully saturated rings. The number of hydrogen-bond donors (Lipinski definition) is 0. The van der Waals surface area contributed by atoms with Crippen molar-refractivity contribution in [3.8, 4) is 0 Å². The van der Waals surface area contributed by atoms with Crippen LogP contribution in [0.3, 0.4) is 0 Å². The summed E-state index contributed by atoms with van der Waals surface area (Å²) in [5.74, 6) is -3.42. The predicted octanol–water partition coefficient (Wildman–Crippen LogP) is 2.52. The predicted molar refractivity (Wildman–Crippen MR) is 40.0 cm³/mol. The van der Waals surface area contributed by atoms with Gasteiger partial charge in [0.1, 0.15) is 0 Å². The highest BCUT2D eigenvalue weighted by Crippen LogP contribution is 2.23. The van der Waals surface area contributed by atoms with Crippen LogP contribution in [0.4, 0.5) is 8.78 Å². The Bertz CT molecular complexity index is 230. The molecule has 0 amide bonds. The van der Waals surface area contributed by atoms with Crippen molar-refractivity contribution < 1.29 is 13.3 Å². The van der Waals surface area contributed by atoms with E-state index in [9.17, 15) is 8.78 Å². The summed E-state index contributed by atoms with van der Waals surface area (Å²) in [4.78, 5) is 3.35. The number of rotatable bonds is 1. The Balaban J connectivity index is 0.000000561. The summed E-state index contributed by atoms with van der Waals surface area (Å²) >= 11 is 0. The molecule has 1 aromatic rings. The maximum atomic E-state index is 12.3. The fourth-order valence-electron chi connectivity index (χ4n) is 0.478. The van der Waals surface area contributed by atoms with Crippen LogP contribution in [0.25, 0.3) is 0 Å². The molecule has 70 valence electrons. The minimum Gasteiger partial charge on any atom is -0.339 e. The van der Waals surface area contributed by atoms with Gasteiger partial charge in [-0.15, -0.1) is 0 Å². The van der Waals surface area contributed by atoms with E-state index in [1.807, 2.05) is 13.8 Å². The Morgan fingerprint density at radius 1 is 1.33 bits per heavy atom. The molecule has 0 bridgehead atoms. The third-order valence-electron chi connectivity index (χ3n) is 0.920. The zero-order chi connectivity index (χ0) is 9.78. The average Bonchev–Trinajstić information content (AvgIpc) is 2.39. The zero-order valence-corrected chi connectivity index (χ0v) is 7.56. The van der Waals surface area contributed by atoms with Gasteiger partial charge >= 0.3 is 5.92 Å². The number of alkyl halides is 2. The van der Waals surface area contributed by atoms with Crippen molar-refractivity contribution in [1.29, 1.82) is 0 Å². The van der Waals surface area contributed by atoms with Gasteiger partial charge in [-0.3, -0.25) is 0 Å². The summed E-state index contributed by atoms with van der Waals surface area (Å²) in [6.07, 6.45) is 0. The second kappa shape index (κ2) is 4.13. The van der Waals surface area contributed by atoms with Crippen molar-refractivity contribution in [3.05, 3.63) is 11.7 Å². The fraction of sp³-hybridized carbons (Fsp3) is 0.714. The van der Waals surface area contributed by atoms with Gasteiger partial charge in [0.15, 0.2) is 0 Å². The molecule has 0 saturated heterocycles. The van der Waals surface area contributed by atoms with Crippen molar-refractivity contribution in [3.63, 3.8) is 0 Å². The van der Waals surface area contributed by atoms with Crippen LogP contribution in [0, 0.1) is 6.92 Å². The van der Waals surface area contributed by atoms with Crippen LogP contribution >= 0.6 is 0 Å². The van der Waals surface area contributed by atoms with E-state index in [4.69, 9.17) is 0 Å². The highest BCUT2D eigenvalue weighted by Gasteiger charge is 2.30. The third kappa shape index (κ3) is 2.94. The van der Waals surface area contributed by atoms with Gasteiger partial charge in [0.25, 0.3) is 0 Å². The molecule has 0 aromatic carbocycles. The molecule has 0 atom stereocenters. The summed E-state index contributed by atoms with van der Waals surface area (Å²) in [7, 11) is 0. The van der Waals surface area contributed by atoms with Gasteiger partial charge in [0.05, 0.1) is 0 Å². The molecule has 1 heterocycles. The number of hydrogen-bond acceptors (Lipinski definition) is 3. The Kier molecular flexibility index (Phi) is 3.79. The van der Waals surface area contributed by atoms with Gasteiger partial charge in [-0.25, -0.2) is 0 Å². The van der Waals surface area contributed by atoms with Crippen molar-refractivity contribution in [2.45, 2.75) is 33.6 Å². The number of aryl methyl sites for hydroxylation is 1. The fourth-order valence-corrected chi connectivity index (χ4v) is 0.478. The van der Waals surface area contributed by atoms with Crippen LogP contribution in [0.5, 0.6) is 0 Å². The molecule has 0 N–H and O–H groups in total. The molecule has 12 heavy (non-hydrogen) atoms. The normalized spacial score (nSPS) is 10.5. The first kappa shape index (κ1) is 11.0. The molecule has 3 nitrogen and oxygen atoms in total. The van der Waals surface area contributed by atoms with Crippen LogP contribution in [-0.2, 0) is 5.92 Å². The molecule has 0 aliphatic carbocycles. The lowest BCUT2D eigenvalue weighted by molar-refractivity contribution is 0.00559. The number of halogens is 2. The van der Waals surface area contributed by atoms with Crippen molar-refractivity contribution in [2.24, 2.45) is 0 Å². The first-order valence-electron chi connectivity index (χ1n) is 3.69. The van der Waals surface area contributed by atoms with Gasteiger partial charge in [0, 0.05) is 13.8 Å². The topological polar surface area (TPSA) is 38.9 Å². The summed E-state index contributed by atoms with van der Waals surface area (Å²) < 4.78 is 28.9. The highest BCUT2D eigenvalue weighted by molar-refractivity contribution is 4.91. The summed E-state index contributed by atoms with van der Waals surface area (Å²) in [5.41, 5.74) is 0. The summed E-state index contributed by atoms with van der Waals surface area (Å²) in [5, 5.41) is 3.05. The molecule has 0 radical (unpaired) electrons. The SMILES string of the molecule is CC.Cc1nc(C(C)(F)F)no1. The molecule has 0 unspecified atom stereocenters. The minimum atomic E-state index is -3.00. The van der Waals surface area contributed by atoms with E-state index in [0.717, 1.165) is 6.92 Å². The molecule has 0 saturated carbocycles. The van der Waals surface area contributed by atoms with Crippen LogP contribution in [0.15, 0.2) is 4.52 Å². The van der Waals surface area contributed by atoms with Crippen LogP contribution in [-0.4, -0.2) is 10.1 Å². The molecule has 0 aliphatic rings.